The van der Waals surface area contributed by atoms with Gasteiger partial charge in [-0.25, -0.2) is 4.39 Å². The molecule has 2 heteroatoms. The highest BCUT2D eigenvalue weighted by Crippen LogP contribution is 2.16. The summed E-state index contributed by atoms with van der Waals surface area (Å²) in [5.41, 5.74) is 0. The summed E-state index contributed by atoms with van der Waals surface area (Å²) in [6.45, 7) is 0. The molecule has 0 bridgehead atoms. The summed E-state index contributed by atoms with van der Waals surface area (Å²) >= 11 is 0. The smallest absolute Gasteiger partial charge is 0.144 e. The van der Waals surface area contributed by atoms with E-state index in [0.29, 0.717) is 6.42 Å². The zero-order valence-corrected chi connectivity index (χ0v) is 4.74. The number of allylic oxidation sites excluding steroid dienone is 2. The van der Waals surface area contributed by atoms with Crippen LogP contribution in [0.3, 0.4) is 0 Å². The molecule has 1 aliphatic heterocycles. The average molecular weight is 116 g/mol. The first kappa shape index (κ1) is 4.99. The molecule has 0 spiro atoms. The summed E-state index contributed by atoms with van der Waals surface area (Å²) in [6.07, 6.45) is 4.34. The second-order valence-corrected chi connectivity index (χ2v) is 2.55. The van der Waals surface area contributed by atoms with Crippen LogP contribution in [0.1, 0.15) is 6.42 Å². The van der Waals surface area contributed by atoms with Crippen LogP contribution in [0.4, 0.5) is 4.39 Å². The molecule has 0 saturated heterocycles. The molecule has 0 aromatic heterocycles. The number of halogens is 1. The largest absolute Gasteiger partial charge is 0.237 e. The SMILES string of the molecule is FC1CC=CC=P1. The predicted molar refractivity (Wildman–Crippen MR) is 31.6 cm³/mol. The van der Waals surface area contributed by atoms with Crippen LogP contribution < -0.4 is 0 Å². The Morgan fingerprint density at radius 2 is 2.57 bits per heavy atom. The normalized spacial score (nSPS) is 30.7. The molecular weight excluding hydrogens is 110 g/mol. The molecule has 0 N–H and O–H groups in total. The Morgan fingerprint density at radius 3 is 2.86 bits per heavy atom. The Labute approximate surface area is 43.8 Å². The van der Waals surface area contributed by atoms with E-state index in [1.807, 2.05) is 17.9 Å². The quantitative estimate of drug-likeness (QED) is 0.424. The topological polar surface area (TPSA) is 0 Å². The van der Waals surface area contributed by atoms with Crippen molar-refractivity contribution < 1.29 is 4.39 Å². The van der Waals surface area contributed by atoms with Gasteiger partial charge in [-0.3, -0.25) is 0 Å². The van der Waals surface area contributed by atoms with Crippen molar-refractivity contribution in [1.29, 1.82) is 0 Å². The molecule has 1 heterocycles. The van der Waals surface area contributed by atoms with Crippen LogP contribution in [0.5, 0.6) is 0 Å². The van der Waals surface area contributed by atoms with Crippen molar-refractivity contribution in [3.8, 4) is 0 Å². The summed E-state index contributed by atoms with van der Waals surface area (Å²) < 4.78 is 12.1. The van der Waals surface area contributed by atoms with Gasteiger partial charge in [0.2, 0.25) is 0 Å². The van der Waals surface area contributed by atoms with Gasteiger partial charge in [-0.1, -0.05) is 20.4 Å². The van der Waals surface area contributed by atoms with Crippen molar-refractivity contribution in [2.45, 2.75) is 12.3 Å². The Balaban J connectivity index is 2.49. The lowest BCUT2D eigenvalue weighted by atomic mass is 10.4. The first-order chi connectivity index (χ1) is 3.39. The lowest BCUT2D eigenvalue weighted by Crippen LogP contribution is -1.88. The summed E-state index contributed by atoms with van der Waals surface area (Å²) in [7, 11) is 0.818. The first-order valence-corrected chi connectivity index (χ1v) is 3.25. The number of hydrogen-bond acceptors (Lipinski definition) is 0. The van der Waals surface area contributed by atoms with E-state index in [0.717, 1.165) is 8.20 Å². The van der Waals surface area contributed by atoms with Crippen LogP contribution in [0.25, 0.3) is 0 Å². The molecule has 0 nitrogen and oxygen atoms in total. The first-order valence-electron chi connectivity index (χ1n) is 2.22. The minimum Gasteiger partial charge on any atom is -0.237 e. The summed E-state index contributed by atoms with van der Waals surface area (Å²) in [5, 5.41) is 0. The van der Waals surface area contributed by atoms with Gasteiger partial charge < -0.3 is 0 Å². The molecule has 0 aromatic carbocycles. The zero-order chi connectivity index (χ0) is 5.11. The molecule has 0 aliphatic carbocycles. The van der Waals surface area contributed by atoms with Crippen molar-refractivity contribution in [3.05, 3.63) is 12.2 Å². The highest BCUT2D eigenvalue weighted by Gasteiger charge is 1.98. The lowest BCUT2D eigenvalue weighted by molar-refractivity contribution is 0.455. The van der Waals surface area contributed by atoms with E-state index in [4.69, 9.17) is 0 Å². The highest BCUT2D eigenvalue weighted by atomic mass is 31.1. The maximum atomic E-state index is 12.1. The van der Waals surface area contributed by atoms with E-state index in [1.54, 1.807) is 0 Å². The van der Waals surface area contributed by atoms with E-state index in [2.05, 4.69) is 0 Å². The van der Waals surface area contributed by atoms with Crippen molar-refractivity contribution in [2.75, 3.05) is 0 Å². The van der Waals surface area contributed by atoms with Crippen LogP contribution >= 0.6 is 8.20 Å². The Bertz CT molecular complexity index is 107. The number of alkyl halides is 1. The van der Waals surface area contributed by atoms with Crippen molar-refractivity contribution in [1.82, 2.24) is 0 Å². The summed E-state index contributed by atoms with van der Waals surface area (Å²) in [6, 6.07) is 0. The van der Waals surface area contributed by atoms with Crippen LogP contribution in [0, 0.1) is 0 Å². The van der Waals surface area contributed by atoms with E-state index in [-0.39, 0.29) is 0 Å². The van der Waals surface area contributed by atoms with E-state index >= 15 is 0 Å². The van der Waals surface area contributed by atoms with Gasteiger partial charge in [-0.2, -0.15) is 0 Å². The van der Waals surface area contributed by atoms with Gasteiger partial charge in [0.1, 0.15) is 5.91 Å². The van der Waals surface area contributed by atoms with Crippen LogP contribution in [-0.4, -0.2) is 11.7 Å². The van der Waals surface area contributed by atoms with Crippen LogP contribution in [0.15, 0.2) is 12.2 Å². The summed E-state index contributed by atoms with van der Waals surface area (Å²) in [5.74, 6) is 1.19. The second-order valence-electron chi connectivity index (χ2n) is 1.40. The third-order valence-corrected chi connectivity index (χ3v) is 1.68. The standard InChI is InChI=1S/C5H6FP/c6-5-3-1-2-4-7-5/h1-2,4-5H,3H2. The van der Waals surface area contributed by atoms with E-state index in [9.17, 15) is 4.39 Å². The minimum absolute atomic E-state index is 0.595. The van der Waals surface area contributed by atoms with Crippen molar-refractivity contribution >= 4 is 14.0 Å². The number of rotatable bonds is 0. The third kappa shape index (κ3) is 1.40. The average Bonchev–Trinajstić information content (AvgIpc) is 1.69. The Kier molecular flexibility index (Phi) is 1.59. The maximum absolute atomic E-state index is 12.1. The van der Waals surface area contributed by atoms with Gasteiger partial charge in [0, 0.05) is 6.42 Å². The minimum atomic E-state index is -0.634. The molecule has 0 aromatic rings. The van der Waals surface area contributed by atoms with Gasteiger partial charge >= 0.3 is 0 Å². The van der Waals surface area contributed by atoms with Gasteiger partial charge in [-0.05, 0) is 5.80 Å². The van der Waals surface area contributed by atoms with E-state index in [1.165, 1.54) is 0 Å². The van der Waals surface area contributed by atoms with E-state index < -0.39 is 5.91 Å². The van der Waals surface area contributed by atoms with Crippen LogP contribution in [-0.2, 0) is 0 Å². The maximum Gasteiger partial charge on any atom is 0.144 e. The monoisotopic (exact) mass is 116 g/mol. The molecule has 0 radical (unpaired) electrons. The fourth-order valence-electron chi connectivity index (χ4n) is 0.456. The third-order valence-electron chi connectivity index (χ3n) is 0.801. The lowest BCUT2D eigenvalue weighted by Gasteiger charge is -1.97. The summed E-state index contributed by atoms with van der Waals surface area (Å²) in [4.78, 5) is 0. The number of hydrogen-bond donors (Lipinski definition) is 0. The molecule has 0 amide bonds. The van der Waals surface area contributed by atoms with Gasteiger partial charge in [0.25, 0.3) is 0 Å². The fraction of sp³-hybridized carbons (Fsp3) is 0.400. The van der Waals surface area contributed by atoms with Crippen molar-refractivity contribution in [3.63, 3.8) is 0 Å². The second kappa shape index (κ2) is 2.23. The fourth-order valence-corrected chi connectivity index (χ4v) is 1.11. The Hall–Kier alpha value is -0.160. The predicted octanol–water partition coefficient (Wildman–Crippen LogP) is 1.99. The highest BCUT2D eigenvalue weighted by molar-refractivity contribution is 7.39. The van der Waals surface area contributed by atoms with Crippen LogP contribution in [0.2, 0.25) is 0 Å². The molecule has 38 valence electrons. The van der Waals surface area contributed by atoms with Crippen molar-refractivity contribution in [2.24, 2.45) is 0 Å². The molecule has 0 fully saturated rings. The molecule has 1 atom stereocenters. The molecular formula is C5H6FP. The Morgan fingerprint density at radius 1 is 1.71 bits per heavy atom. The molecule has 0 saturated carbocycles. The van der Waals surface area contributed by atoms with Gasteiger partial charge in [0.15, 0.2) is 0 Å². The zero-order valence-electron chi connectivity index (χ0n) is 3.84. The molecule has 7 heavy (non-hydrogen) atoms. The molecule has 1 rings (SSSR count). The molecule has 1 aliphatic rings. The van der Waals surface area contributed by atoms with Gasteiger partial charge in [-0.15, -0.1) is 0 Å². The van der Waals surface area contributed by atoms with Gasteiger partial charge in [0.05, 0.1) is 0 Å². The molecule has 1 unspecified atom stereocenters.